The first-order valence-corrected chi connectivity index (χ1v) is 10.7. The minimum Gasteiger partial charge on any atom is -0.741 e. The fourth-order valence-corrected chi connectivity index (χ4v) is 0. The van der Waals surface area contributed by atoms with Crippen molar-refractivity contribution in [2.75, 3.05) is 0 Å². The summed E-state index contributed by atoms with van der Waals surface area (Å²) in [5.74, 6) is 0. The summed E-state index contributed by atoms with van der Waals surface area (Å²) in [6.45, 7) is 0. The molecule has 0 spiro atoms. The zero-order valence-corrected chi connectivity index (χ0v) is 19.1. The summed E-state index contributed by atoms with van der Waals surface area (Å²) in [5.41, 5.74) is -22.6. The van der Waals surface area contributed by atoms with Gasteiger partial charge in [-0.15, -0.1) is 0 Å². The van der Waals surface area contributed by atoms with E-state index in [1.165, 1.54) is 0 Å². The second-order valence-electron chi connectivity index (χ2n) is 3.60. The van der Waals surface area contributed by atoms with Crippen LogP contribution in [0, 0.1) is 0 Å². The van der Waals surface area contributed by atoms with Gasteiger partial charge in [0.1, 0.15) is 0 Å². The van der Waals surface area contributed by atoms with Crippen LogP contribution in [-0.4, -0.2) is 73.9 Å². The molecule has 0 amide bonds. The van der Waals surface area contributed by atoms with Crippen LogP contribution in [0.2, 0.25) is 0 Å². The van der Waals surface area contributed by atoms with Gasteiger partial charge in [0.2, 0.25) is 0 Å². The predicted octanol–water partition coefficient (Wildman–Crippen LogP) is 0.203. The van der Waals surface area contributed by atoms with Crippen LogP contribution in [0.5, 0.6) is 0 Å². The van der Waals surface area contributed by atoms with Gasteiger partial charge in [0.15, 0.2) is 40.5 Å². The van der Waals surface area contributed by atoms with Crippen molar-refractivity contribution in [2.45, 2.75) is 22.0 Å². The Morgan fingerprint density at radius 3 is 0.364 bits per heavy atom. The van der Waals surface area contributed by atoms with Gasteiger partial charge in [-0.3, -0.25) is 0 Å². The van der Waals surface area contributed by atoms with Crippen molar-refractivity contribution in [1.82, 2.24) is 0 Å². The molecule has 0 aliphatic carbocycles. The normalized spacial score (nSPS) is 13.6. The van der Waals surface area contributed by atoms with Crippen LogP contribution in [0.1, 0.15) is 0 Å². The van der Waals surface area contributed by atoms with Gasteiger partial charge in [0, 0.05) is 0 Å². The minimum atomic E-state index is -6.09. The molecule has 0 unspecified atom stereocenters. The molecule has 0 fully saturated rings. The minimum absolute atomic E-state index is 0. The molecule has 0 saturated carbocycles. The molecule has 0 N–H and O–H groups in total. The van der Waals surface area contributed by atoms with Gasteiger partial charge >= 0.3 is 42.1 Å². The molecule has 0 bridgehead atoms. The van der Waals surface area contributed by atoms with E-state index in [-0.39, 0.29) is 20.1 Å². The Bertz CT molecular complexity index is 828. The van der Waals surface area contributed by atoms with E-state index in [1.54, 1.807) is 0 Å². The maximum absolute atomic E-state index is 10.7. The molecule has 0 aromatic rings. The average molecular weight is 788 g/mol. The SMILES string of the molecule is O=S(=O)([O-])C(F)(F)F.O=S(=O)([O-])C(F)(F)F.O=S(=O)([O-])C(F)(F)F.O=S(=O)([O-])C(F)(F)F.[Ir+4]. The van der Waals surface area contributed by atoms with Crippen LogP contribution in [0.3, 0.4) is 0 Å². The predicted molar refractivity (Wildman–Crippen MR) is 63.0 cm³/mol. The molecular formula is C4F12IrO12S4. The van der Waals surface area contributed by atoms with Crippen LogP contribution in [0.25, 0.3) is 0 Å². The summed E-state index contributed by atoms with van der Waals surface area (Å²) in [7, 11) is -24.4. The first-order chi connectivity index (χ1) is 13.0. The maximum atomic E-state index is 10.7. The third-order valence-corrected chi connectivity index (χ3v) is 3.40. The van der Waals surface area contributed by atoms with Gasteiger partial charge in [-0.2, -0.15) is 52.7 Å². The molecule has 0 aromatic heterocycles. The van der Waals surface area contributed by atoms with E-state index in [1.807, 2.05) is 0 Å². The third-order valence-electron chi connectivity index (χ3n) is 1.13. The Kier molecular flexibility index (Phi) is 16.7. The summed E-state index contributed by atoms with van der Waals surface area (Å²) in [6.07, 6.45) is 0. The van der Waals surface area contributed by atoms with Crippen LogP contribution in [0.4, 0.5) is 52.7 Å². The molecule has 0 aliphatic heterocycles. The zero-order chi connectivity index (χ0) is 28.0. The topological polar surface area (TPSA) is 229 Å². The molecule has 0 saturated heterocycles. The molecule has 205 valence electrons. The summed E-state index contributed by atoms with van der Waals surface area (Å²) in [6, 6.07) is 0. The van der Waals surface area contributed by atoms with Crippen molar-refractivity contribution in [3.63, 3.8) is 0 Å². The van der Waals surface area contributed by atoms with Crippen LogP contribution in [-0.2, 0) is 60.6 Å². The molecule has 0 atom stereocenters. The number of alkyl halides is 12. The van der Waals surface area contributed by atoms with Gasteiger partial charge in [0.25, 0.3) is 0 Å². The van der Waals surface area contributed by atoms with Crippen LogP contribution in [0.15, 0.2) is 0 Å². The van der Waals surface area contributed by atoms with Crippen LogP contribution >= 0.6 is 0 Å². The quantitative estimate of drug-likeness (QED) is 0.182. The van der Waals surface area contributed by atoms with Crippen LogP contribution < -0.4 is 0 Å². The van der Waals surface area contributed by atoms with E-state index in [4.69, 9.17) is 51.9 Å². The Labute approximate surface area is 187 Å². The maximum Gasteiger partial charge on any atom is 4.00 e. The van der Waals surface area contributed by atoms with Gasteiger partial charge in [-0.1, -0.05) is 0 Å². The molecule has 0 aromatic carbocycles. The molecule has 0 heterocycles. The summed E-state index contributed by atoms with van der Waals surface area (Å²) < 4.78 is 236. The third kappa shape index (κ3) is 21.7. The molecule has 33 heavy (non-hydrogen) atoms. The Morgan fingerprint density at radius 2 is 0.364 bits per heavy atom. The van der Waals surface area contributed by atoms with Crippen molar-refractivity contribution in [3.05, 3.63) is 0 Å². The standard InChI is InChI=1S/4CHF3O3S.Ir/c4*2-1(3,4)8(5,6)7;/h4*(H,5,6,7);/q;;;;+4/p-4. The summed E-state index contributed by atoms with van der Waals surface area (Å²) in [4.78, 5) is 0. The largest absolute Gasteiger partial charge is 4.00 e. The molecule has 0 aliphatic rings. The number of halogens is 12. The molecule has 29 heteroatoms. The second kappa shape index (κ2) is 13.0. The van der Waals surface area contributed by atoms with Crippen molar-refractivity contribution in [1.29, 1.82) is 0 Å². The van der Waals surface area contributed by atoms with Crippen molar-refractivity contribution >= 4 is 40.5 Å². The van der Waals surface area contributed by atoms with Gasteiger partial charge in [-0.25, -0.2) is 33.7 Å². The van der Waals surface area contributed by atoms with E-state index in [0.717, 1.165) is 0 Å². The van der Waals surface area contributed by atoms with Gasteiger partial charge in [0.05, 0.1) is 0 Å². The zero-order valence-electron chi connectivity index (χ0n) is 13.4. The Morgan fingerprint density at radius 1 is 0.333 bits per heavy atom. The fraction of sp³-hybridized carbons (Fsp3) is 1.00. The molecule has 12 nitrogen and oxygen atoms in total. The first-order valence-electron chi connectivity index (χ1n) is 5.08. The van der Waals surface area contributed by atoms with Crippen molar-refractivity contribution < 1.29 is 125 Å². The van der Waals surface area contributed by atoms with E-state index < -0.39 is 62.5 Å². The number of hydrogen-bond donors (Lipinski definition) is 0. The second-order valence-corrected chi connectivity index (χ2v) is 9.08. The first kappa shape index (κ1) is 42.6. The molecular weight excluding hydrogens is 788 g/mol. The van der Waals surface area contributed by atoms with Crippen molar-refractivity contribution in [3.8, 4) is 0 Å². The smallest absolute Gasteiger partial charge is 0.741 e. The van der Waals surface area contributed by atoms with E-state index >= 15 is 0 Å². The summed E-state index contributed by atoms with van der Waals surface area (Å²) >= 11 is 0. The number of hydrogen-bond acceptors (Lipinski definition) is 12. The van der Waals surface area contributed by atoms with Gasteiger partial charge < -0.3 is 18.2 Å². The summed E-state index contributed by atoms with van der Waals surface area (Å²) in [5, 5.41) is 0. The Hall–Kier alpha value is -0.551. The fourth-order valence-electron chi connectivity index (χ4n) is 0. The van der Waals surface area contributed by atoms with E-state index in [0.29, 0.717) is 0 Å². The number of rotatable bonds is 0. The van der Waals surface area contributed by atoms with Gasteiger partial charge in [-0.05, 0) is 0 Å². The monoisotopic (exact) mass is 789 g/mol. The molecule has 1 radical (unpaired) electrons. The Balaban J connectivity index is -0.000000105. The van der Waals surface area contributed by atoms with E-state index in [2.05, 4.69) is 0 Å². The van der Waals surface area contributed by atoms with E-state index in [9.17, 15) is 52.7 Å². The average Bonchev–Trinajstić information content (AvgIpc) is 2.30. The van der Waals surface area contributed by atoms with Crippen molar-refractivity contribution in [2.24, 2.45) is 0 Å². The molecule has 0 rings (SSSR count).